The third-order valence-electron chi connectivity index (χ3n) is 2.30. The monoisotopic (exact) mass is 262 g/mol. The number of nitrogen functional groups attached to an aromatic ring is 1. The van der Waals surface area contributed by atoms with Gasteiger partial charge < -0.3 is 10.8 Å². The summed E-state index contributed by atoms with van der Waals surface area (Å²) in [6.45, 7) is 0. The van der Waals surface area contributed by atoms with Crippen molar-refractivity contribution in [3.8, 4) is 11.8 Å². The molecule has 6 nitrogen and oxygen atoms in total. The fraction of sp³-hybridized carbons (Fsp3) is 0. The summed E-state index contributed by atoms with van der Waals surface area (Å²) in [5.41, 5.74) is 5.87. The number of carboxylic acids is 1. The molecular formula is C11H7ClN4O2. The van der Waals surface area contributed by atoms with Gasteiger partial charge in [-0.3, -0.25) is 0 Å². The molecule has 0 bridgehead atoms. The second-order valence-corrected chi connectivity index (χ2v) is 3.84. The first-order valence-electron chi connectivity index (χ1n) is 4.82. The smallest absolute Gasteiger partial charge is 0.358 e. The molecule has 0 unspecified atom stereocenters. The lowest BCUT2D eigenvalue weighted by atomic mass is 10.2. The van der Waals surface area contributed by atoms with E-state index in [2.05, 4.69) is 5.10 Å². The molecule has 7 heteroatoms. The number of halogens is 1. The summed E-state index contributed by atoms with van der Waals surface area (Å²) in [6.07, 6.45) is 1.33. The molecule has 0 aliphatic rings. The highest BCUT2D eigenvalue weighted by Gasteiger charge is 2.16. The van der Waals surface area contributed by atoms with Gasteiger partial charge in [-0.15, -0.1) is 0 Å². The Kier molecular flexibility index (Phi) is 2.92. The van der Waals surface area contributed by atoms with Gasteiger partial charge in [0, 0.05) is 0 Å². The van der Waals surface area contributed by atoms with E-state index in [4.69, 9.17) is 27.7 Å². The van der Waals surface area contributed by atoms with Gasteiger partial charge in [0.1, 0.15) is 6.07 Å². The van der Waals surface area contributed by atoms with Gasteiger partial charge >= 0.3 is 5.97 Å². The fourth-order valence-corrected chi connectivity index (χ4v) is 1.70. The first kappa shape index (κ1) is 12.0. The predicted octanol–water partition coefficient (Wildman–Crippen LogP) is 1.68. The maximum atomic E-state index is 10.8. The van der Waals surface area contributed by atoms with Crippen molar-refractivity contribution >= 4 is 23.3 Å². The van der Waals surface area contributed by atoms with E-state index in [9.17, 15) is 4.79 Å². The lowest BCUT2D eigenvalue weighted by Gasteiger charge is -2.04. The minimum Gasteiger partial charge on any atom is -0.476 e. The maximum Gasteiger partial charge on any atom is 0.358 e. The second-order valence-electron chi connectivity index (χ2n) is 3.43. The second kappa shape index (κ2) is 4.39. The van der Waals surface area contributed by atoms with Crippen molar-refractivity contribution in [2.45, 2.75) is 0 Å². The number of aromatic carboxylic acids is 1. The Hall–Kier alpha value is -2.52. The normalized spacial score (nSPS) is 10.0. The molecule has 0 fully saturated rings. The molecule has 0 radical (unpaired) electrons. The van der Waals surface area contributed by atoms with Crippen LogP contribution in [0.25, 0.3) is 5.69 Å². The highest BCUT2D eigenvalue weighted by atomic mass is 35.5. The molecule has 1 aromatic carbocycles. The van der Waals surface area contributed by atoms with Crippen LogP contribution in [0.3, 0.4) is 0 Å². The molecule has 3 N–H and O–H groups in total. The van der Waals surface area contributed by atoms with E-state index in [-0.39, 0.29) is 22.0 Å². The summed E-state index contributed by atoms with van der Waals surface area (Å²) < 4.78 is 1.23. The van der Waals surface area contributed by atoms with Crippen molar-refractivity contribution in [2.75, 3.05) is 5.73 Å². The van der Waals surface area contributed by atoms with E-state index in [1.54, 1.807) is 18.2 Å². The summed E-state index contributed by atoms with van der Waals surface area (Å²) in [7, 11) is 0. The van der Waals surface area contributed by atoms with Crippen LogP contribution in [0.15, 0.2) is 24.4 Å². The predicted molar refractivity (Wildman–Crippen MR) is 64.7 cm³/mol. The number of carboxylic acid groups (broad SMARTS) is 1. The Bertz CT molecular complexity index is 672. The van der Waals surface area contributed by atoms with Crippen molar-refractivity contribution < 1.29 is 9.90 Å². The number of nitrogens with two attached hydrogens (primary N) is 1. The van der Waals surface area contributed by atoms with Crippen molar-refractivity contribution in [1.82, 2.24) is 9.78 Å². The third kappa shape index (κ3) is 1.87. The van der Waals surface area contributed by atoms with Crippen molar-refractivity contribution in [2.24, 2.45) is 0 Å². The molecule has 0 amide bonds. The molecule has 90 valence electrons. The van der Waals surface area contributed by atoms with Crippen LogP contribution < -0.4 is 5.73 Å². The molecule has 1 heterocycles. The van der Waals surface area contributed by atoms with Crippen LogP contribution in [0, 0.1) is 11.3 Å². The first-order valence-corrected chi connectivity index (χ1v) is 5.20. The number of nitriles is 1. The number of carbonyl (C=O) groups is 1. The Morgan fingerprint density at radius 3 is 2.83 bits per heavy atom. The van der Waals surface area contributed by atoms with E-state index in [0.29, 0.717) is 5.69 Å². The maximum absolute atomic E-state index is 10.8. The summed E-state index contributed by atoms with van der Waals surface area (Å²) >= 11 is 5.88. The van der Waals surface area contributed by atoms with E-state index < -0.39 is 5.97 Å². The minimum absolute atomic E-state index is 0.0198. The van der Waals surface area contributed by atoms with Crippen LogP contribution in [0.2, 0.25) is 5.02 Å². The average molecular weight is 263 g/mol. The van der Waals surface area contributed by atoms with Gasteiger partial charge in [-0.25, -0.2) is 9.48 Å². The summed E-state index contributed by atoms with van der Waals surface area (Å²) in [5, 5.41) is 22.0. The highest BCUT2D eigenvalue weighted by molar-refractivity contribution is 6.32. The summed E-state index contributed by atoms with van der Waals surface area (Å²) in [4.78, 5) is 10.8. The highest BCUT2D eigenvalue weighted by Crippen LogP contribution is 2.23. The van der Waals surface area contributed by atoms with Crippen molar-refractivity contribution in [3.63, 3.8) is 0 Å². The van der Waals surface area contributed by atoms with Crippen molar-refractivity contribution in [3.05, 3.63) is 40.7 Å². The lowest BCUT2D eigenvalue weighted by Crippen LogP contribution is -2.03. The summed E-state index contributed by atoms with van der Waals surface area (Å²) in [5.74, 6) is -1.23. The Labute approximate surface area is 107 Å². The zero-order valence-electron chi connectivity index (χ0n) is 8.96. The van der Waals surface area contributed by atoms with Gasteiger partial charge in [0.05, 0.1) is 28.2 Å². The van der Waals surface area contributed by atoms with Crippen LogP contribution in [0.1, 0.15) is 16.1 Å². The topological polar surface area (TPSA) is 105 Å². The van der Waals surface area contributed by atoms with Crippen LogP contribution in [-0.2, 0) is 0 Å². The van der Waals surface area contributed by atoms with E-state index in [0.717, 1.165) is 0 Å². The minimum atomic E-state index is -1.23. The quantitative estimate of drug-likeness (QED) is 0.856. The largest absolute Gasteiger partial charge is 0.476 e. The van der Waals surface area contributed by atoms with Gasteiger partial charge in [0.15, 0.2) is 5.69 Å². The zero-order chi connectivity index (χ0) is 13.3. The average Bonchev–Trinajstić information content (AvgIpc) is 2.71. The van der Waals surface area contributed by atoms with Crippen LogP contribution in [-0.4, -0.2) is 20.9 Å². The van der Waals surface area contributed by atoms with Crippen LogP contribution >= 0.6 is 11.6 Å². The molecule has 18 heavy (non-hydrogen) atoms. The van der Waals surface area contributed by atoms with Gasteiger partial charge in [-0.2, -0.15) is 10.4 Å². The van der Waals surface area contributed by atoms with E-state index in [1.807, 2.05) is 6.07 Å². The third-order valence-corrected chi connectivity index (χ3v) is 2.61. The van der Waals surface area contributed by atoms with Crippen molar-refractivity contribution in [1.29, 1.82) is 5.26 Å². The standard InChI is InChI=1S/C11H7ClN4O2/c12-7-2-1-3-9(6(7)4-13)16-5-8(14)10(15-16)11(17)18/h1-3,5H,14H2,(H,17,18). The fourth-order valence-electron chi connectivity index (χ4n) is 1.49. The Morgan fingerprint density at radius 2 is 2.28 bits per heavy atom. The molecule has 0 aliphatic heterocycles. The number of benzene rings is 1. The molecular weight excluding hydrogens is 256 g/mol. The molecule has 0 spiro atoms. The molecule has 1 aromatic heterocycles. The Balaban J connectivity index is 2.64. The number of hydrogen-bond donors (Lipinski definition) is 2. The number of aromatic nitrogens is 2. The Morgan fingerprint density at radius 1 is 1.56 bits per heavy atom. The van der Waals surface area contributed by atoms with Gasteiger partial charge in [0.2, 0.25) is 0 Å². The summed E-state index contributed by atoms with van der Waals surface area (Å²) in [6, 6.07) is 6.74. The molecule has 0 aliphatic carbocycles. The van der Waals surface area contributed by atoms with Crippen LogP contribution in [0.4, 0.5) is 5.69 Å². The van der Waals surface area contributed by atoms with E-state index in [1.165, 1.54) is 10.9 Å². The molecule has 0 saturated carbocycles. The van der Waals surface area contributed by atoms with Crippen LogP contribution in [0.5, 0.6) is 0 Å². The number of hydrogen-bond acceptors (Lipinski definition) is 4. The first-order chi connectivity index (χ1) is 8.54. The SMILES string of the molecule is N#Cc1c(Cl)cccc1-n1cc(N)c(C(=O)O)n1. The molecule has 0 atom stereocenters. The number of anilines is 1. The van der Waals surface area contributed by atoms with Gasteiger partial charge in [0.25, 0.3) is 0 Å². The van der Waals surface area contributed by atoms with Gasteiger partial charge in [-0.1, -0.05) is 17.7 Å². The molecule has 0 saturated heterocycles. The molecule has 2 rings (SSSR count). The molecule has 2 aromatic rings. The number of rotatable bonds is 2. The van der Waals surface area contributed by atoms with E-state index >= 15 is 0 Å². The van der Waals surface area contributed by atoms with Gasteiger partial charge in [-0.05, 0) is 12.1 Å². The number of nitrogens with zero attached hydrogens (tertiary/aromatic N) is 3. The zero-order valence-corrected chi connectivity index (χ0v) is 9.72. The lowest BCUT2D eigenvalue weighted by molar-refractivity contribution is 0.0691.